The van der Waals surface area contributed by atoms with Gasteiger partial charge in [0, 0.05) is 17.7 Å². The Kier molecular flexibility index (Phi) is 5.73. The van der Waals surface area contributed by atoms with E-state index in [-0.39, 0.29) is 0 Å². The molecule has 2 aromatic carbocycles. The number of nitrogens with one attached hydrogen (secondary N) is 1. The van der Waals surface area contributed by atoms with Crippen molar-refractivity contribution in [3.05, 3.63) is 53.3 Å². The molecular formula is C17H17FN2O4. The minimum Gasteiger partial charge on any atom is -0.496 e. The van der Waals surface area contributed by atoms with Crippen molar-refractivity contribution in [2.75, 3.05) is 21.3 Å². The van der Waals surface area contributed by atoms with E-state index in [1.807, 2.05) is 0 Å². The number of hydrazone groups is 1. The predicted molar refractivity (Wildman–Crippen MR) is 87.6 cm³/mol. The summed E-state index contributed by atoms with van der Waals surface area (Å²) in [5, 5.41) is 3.89. The average Bonchev–Trinajstić information content (AvgIpc) is 2.61. The summed E-state index contributed by atoms with van der Waals surface area (Å²) >= 11 is 0. The van der Waals surface area contributed by atoms with Gasteiger partial charge in [-0.3, -0.25) is 4.79 Å². The molecule has 0 spiro atoms. The number of amides is 1. The van der Waals surface area contributed by atoms with Crippen molar-refractivity contribution >= 4 is 12.1 Å². The van der Waals surface area contributed by atoms with Crippen LogP contribution < -0.4 is 19.6 Å². The number of hydrogen-bond acceptors (Lipinski definition) is 5. The van der Waals surface area contributed by atoms with Gasteiger partial charge in [-0.25, -0.2) is 9.82 Å². The topological polar surface area (TPSA) is 69.2 Å². The number of benzene rings is 2. The molecule has 0 unspecified atom stereocenters. The second-order valence-corrected chi connectivity index (χ2v) is 4.65. The van der Waals surface area contributed by atoms with Crippen LogP contribution in [-0.4, -0.2) is 33.5 Å². The van der Waals surface area contributed by atoms with Crippen LogP contribution in [0.25, 0.3) is 0 Å². The molecule has 0 radical (unpaired) electrons. The van der Waals surface area contributed by atoms with Crippen LogP contribution in [0.15, 0.2) is 41.5 Å². The monoisotopic (exact) mass is 332 g/mol. The van der Waals surface area contributed by atoms with Gasteiger partial charge in [-0.15, -0.1) is 0 Å². The van der Waals surface area contributed by atoms with Crippen LogP contribution >= 0.6 is 0 Å². The molecule has 0 saturated heterocycles. The lowest BCUT2D eigenvalue weighted by Crippen LogP contribution is -2.17. The Labute approximate surface area is 138 Å². The maximum absolute atomic E-state index is 12.9. The summed E-state index contributed by atoms with van der Waals surface area (Å²) in [4.78, 5) is 11.9. The van der Waals surface area contributed by atoms with E-state index >= 15 is 0 Å². The number of ether oxygens (including phenoxy) is 3. The fraction of sp³-hybridized carbons (Fsp3) is 0.176. The Hall–Kier alpha value is -3.09. The Morgan fingerprint density at radius 2 is 1.62 bits per heavy atom. The molecule has 1 amide bonds. The number of carbonyl (C=O) groups is 1. The van der Waals surface area contributed by atoms with E-state index in [9.17, 15) is 9.18 Å². The highest BCUT2D eigenvalue weighted by atomic mass is 19.1. The normalized spacial score (nSPS) is 10.5. The number of nitrogens with zero attached hydrogens (tertiary/aromatic N) is 1. The fourth-order valence-electron chi connectivity index (χ4n) is 1.98. The number of methoxy groups -OCH3 is 3. The van der Waals surface area contributed by atoms with Crippen LogP contribution in [0.2, 0.25) is 0 Å². The van der Waals surface area contributed by atoms with E-state index in [1.165, 1.54) is 51.8 Å². The zero-order chi connectivity index (χ0) is 17.5. The minimum absolute atomic E-state index is 0.294. The lowest BCUT2D eigenvalue weighted by molar-refractivity contribution is 0.0955. The van der Waals surface area contributed by atoms with E-state index in [2.05, 4.69) is 10.5 Å². The van der Waals surface area contributed by atoms with E-state index in [1.54, 1.807) is 12.1 Å². The average molecular weight is 332 g/mol. The minimum atomic E-state index is -0.460. The SMILES string of the molecule is COc1cc(OC)c(C=NNC(=O)c2ccc(F)cc2)c(OC)c1. The quantitative estimate of drug-likeness (QED) is 0.652. The third kappa shape index (κ3) is 4.01. The zero-order valence-corrected chi connectivity index (χ0v) is 13.5. The van der Waals surface area contributed by atoms with Crippen LogP contribution in [0.4, 0.5) is 4.39 Å². The molecule has 7 heteroatoms. The van der Waals surface area contributed by atoms with E-state index in [4.69, 9.17) is 14.2 Å². The molecule has 2 aromatic rings. The van der Waals surface area contributed by atoms with Crippen LogP contribution in [0.5, 0.6) is 17.2 Å². The molecule has 0 saturated carbocycles. The van der Waals surface area contributed by atoms with Crippen molar-refractivity contribution in [3.8, 4) is 17.2 Å². The number of hydrogen-bond donors (Lipinski definition) is 1. The zero-order valence-electron chi connectivity index (χ0n) is 13.5. The Morgan fingerprint density at radius 1 is 1.04 bits per heavy atom. The fourth-order valence-corrected chi connectivity index (χ4v) is 1.98. The summed E-state index contributed by atoms with van der Waals surface area (Å²) in [5.74, 6) is 0.647. The van der Waals surface area contributed by atoms with E-state index in [0.29, 0.717) is 28.4 Å². The Morgan fingerprint density at radius 3 is 2.12 bits per heavy atom. The molecule has 126 valence electrons. The van der Waals surface area contributed by atoms with Gasteiger partial charge in [0.05, 0.1) is 33.1 Å². The van der Waals surface area contributed by atoms with Gasteiger partial charge in [-0.05, 0) is 24.3 Å². The lowest BCUT2D eigenvalue weighted by Gasteiger charge is -2.12. The van der Waals surface area contributed by atoms with Crippen molar-refractivity contribution < 1.29 is 23.4 Å². The van der Waals surface area contributed by atoms with Gasteiger partial charge in [-0.2, -0.15) is 5.10 Å². The van der Waals surface area contributed by atoms with Crippen LogP contribution in [0.3, 0.4) is 0 Å². The van der Waals surface area contributed by atoms with Gasteiger partial charge in [0.1, 0.15) is 23.1 Å². The molecule has 0 heterocycles. The molecule has 0 fully saturated rings. The van der Waals surface area contributed by atoms with Crippen LogP contribution in [0.1, 0.15) is 15.9 Å². The third-order valence-electron chi connectivity index (χ3n) is 3.22. The molecule has 0 aliphatic heterocycles. The molecular weight excluding hydrogens is 315 g/mol. The van der Waals surface area contributed by atoms with Crippen LogP contribution in [-0.2, 0) is 0 Å². The van der Waals surface area contributed by atoms with E-state index in [0.717, 1.165) is 0 Å². The molecule has 0 atom stereocenters. The van der Waals surface area contributed by atoms with Crippen molar-refractivity contribution in [1.82, 2.24) is 5.43 Å². The van der Waals surface area contributed by atoms with Gasteiger partial charge >= 0.3 is 0 Å². The first-order valence-corrected chi connectivity index (χ1v) is 6.98. The lowest BCUT2D eigenvalue weighted by atomic mass is 10.2. The standard InChI is InChI=1S/C17H17FN2O4/c1-22-13-8-15(23-2)14(16(9-13)24-3)10-19-20-17(21)11-4-6-12(18)7-5-11/h4-10H,1-3H3,(H,20,21). The summed E-state index contributed by atoms with van der Waals surface area (Å²) in [6, 6.07) is 8.49. The highest BCUT2D eigenvalue weighted by Gasteiger charge is 2.12. The first-order chi connectivity index (χ1) is 11.6. The predicted octanol–water partition coefficient (Wildman–Crippen LogP) is 2.62. The van der Waals surface area contributed by atoms with Gasteiger partial charge in [0.15, 0.2) is 0 Å². The molecule has 2 rings (SSSR count). The molecule has 0 aliphatic carbocycles. The Bertz CT molecular complexity index is 720. The highest BCUT2D eigenvalue weighted by molar-refractivity contribution is 5.95. The maximum Gasteiger partial charge on any atom is 0.271 e. The van der Waals surface area contributed by atoms with Gasteiger partial charge in [-0.1, -0.05) is 0 Å². The second kappa shape index (κ2) is 7.96. The number of halogens is 1. The van der Waals surface area contributed by atoms with Gasteiger partial charge in [0.2, 0.25) is 0 Å². The molecule has 0 aromatic heterocycles. The Balaban J connectivity index is 2.19. The van der Waals surface area contributed by atoms with Crippen molar-refractivity contribution in [3.63, 3.8) is 0 Å². The number of carbonyl (C=O) groups excluding carboxylic acids is 1. The molecule has 24 heavy (non-hydrogen) atoms. The van der Waals surface area contributed by atoms with Gasteiger partial charge < -0.3 is 14.2 Å². The number of rotatable bonds is 6. The largest absolute Gasteiger partial charge is 0.496 e. The maximum atomic E-state index is 12.9. The summed E-state index contributed by atoms with van der Waals surface area (Å²) in [6.07, 6.45) is 1.40. The molecule has 6 nitrogen and oxygen atoms in total. The van der Waals surface area contributed by atoms with Crippen molar-refractivity contribution in [1.29, 1.82) is 0 Å². The summed E-state index contributed by atoms with van der Waals surface area (Å²) in [5.41, 5.74) is 3.20. The molecule has 0 bridgehead atoms. The van der Waals surface area contributed by atoms with Gasteiger partial charge in [0.25, 0.3) is 5.91 Å². The van der Waals surface area contributed by atoms with Crippen molar-refractivity contribution in [2.24, 2.45) is 5.10 Å². The summed E-state index contributed by atoms with van der Waals surface area (Å²) < 4.78 is 28.6. The first kappa shape index (κ1) is 17.3. The summed E-state index contributed by atoms with van der Waals surface area (Å²) in [6.45, 7) is 0. The molecule has 1 N–H and O–H groups in total. The highest BCUT2D eigenvalue weighted by Crippen LogP contribution is 2.32. The second-order valence-electron chi connectivity index (χ2n) is 4.65. The van der Waals surface area contributed by atoms with Crippen LogP contribution in [0, 0.1) is 5.82 Å². The summed E-state index contributed by atoms with van der Waals surface area (Å²) in [7, 11) is 4.54. The smallest absolute Gasteiger partial charge is 0.271 e. The van der Waals surface area contributed by atoms with E-state index < -0.39 is 11.7 Å². The van der Waals surface area contributed by atoms with Crippen molar-refractivity contribution in [2.45, 2.75) is 0 Å². The molecule has 0 aliphatic rings. The third-order valence-corrected chi connectivity index (χ3v) is 3.22. The first-order valence-electron chi connectivity index (χ1n) is 6.98.